The Balaban J connectivity index is 1.73. The van der Waals surface area contributed by atoms with Gasteiger partial charge < -0.3 is 15.0 Å². The zero-order chi connectivity index (χ0) is 15.4. The molecule has 1 aliphatic rings. The van der Waals surface area contributed by atoms with Crippen LogP contribution in [0.25, 0.3) is 0 Å². The van der Waals surface area contributed by atoms with Crippen molar-refractivity contribution in [1.82, 2.24) is 0 Å². The Labute approximate surface area is 134 Å². The van der Waals surface area contributed by atoms with Crippen LogP contribution in [0.3, 0.4) is 0 Å². The summed E-state index contributed by atoms with van der Waals surface area (Å²) >= 11 is 5.92. The number of hydrogen-bond donors (Lipinski definition) is 1. The number of morpholine rings is 1. The lowest BCUT2D eigenvalue weighted by molar-refractivity contribution is 0.102. The van der Waals surface area contributed by atoms with Crippen LogP contribution >= 0.6 is 11.6 Å². The van der Waals surface area contributed by atoms with Crippen LogP contribution in [0.15, 0.2) is 48.5 Å². The molecule has 2 aromatic rings. The van der Waals surface area contributed by atoms with E-state index < -0.39 is 0 Å². The first-order valence-electron chi connectivity index (χ1n) is 7.22. The van der Waals surface area contributed by atoms with E-state index in [1.54, 1.807) is 24.3 Å². The summed E-state index contributed by atoms with van der Waals surface area (Å²) in [5.41, 5.74) is 2.41. The molecule has 22 heavy (non-hydrogen) atoms. The first-order valence-corrected chi connectivity index (χ1v) is 7.60. The third-order valence-electron chi connectivity index (χ3n) is 3.57. The zero-order valence-electron chi connectivity index (χ0n) is 12.1. The number of carbonyl (C=O) groups excluding carboxylic acids is 1. The number of nitrogens with one attached hydrogen (secondary N) is 1. The summed E-state index contributed by atoms with van der Waals surface area (Å²) in [5, 5.41) is 3.46. The fourth-order valence-electron chi connectivity index (χ4n) is 2.43. The second-order valence-electron chi connectivity index (χ2n) is 5.11. The van der Waals surface area contributed by atoms with Crippen LogP contribution in [0.5, 0.6) is 0 Å². The predicted octanol–water partition coefficient (Wildman–Crippen LogP) is 3.43. The van der Waals surface area contributed by atoms with E-state index >= 15 is 0 Å². The van der Waals surface area contributed by atoms with Gasteiger partial charge in [0, 0.05) is 35.1 Å². The van der Waals surface area contributed by atoms with Crippen molar-refractivity contribution in [3.05, 3.63) is 59.1 Å². The molecule has 0 unspecified atom stereocenters. The minimum atomic E-state index is -0.165. The van der Waals surface area contributed by atoms with Gasteiger partial charge >= 0.3 is 0 Å². The van der Waals surface area contributed by atoms with E-state index in [-0.39, 0.29) is 5.91 Å². The maximum Gasteiger partial charge on any atom is 0.255 e. The minimum absolute atomic E-state index is 0.165. The first-order chi connectivity index (χ1) is 10.7. The number of benzene rings is 2. The highest BCUT2D eigenvalue weighted by molar-refractivity contribution is 6.31. The highest BCUT2D eigenvalue weighted by atomic mass is 35.5. The van der Waals surface area contributed by atoms with Crippen molar-refractivity contribution in [2.45, 2.75) is 0 Å². The van der Waals surface area contributed by atoms with Gasteiger partial charge in [0.05, 0.1) is 13.2 Å². The zero-order valence-corrected chi connectivity index (χ0v) is 12.8. The molecule has 3 rings (SSSR count). The number of anilines is 2. The number of amides is 1. The summed E-state index contributed by atoms with van der Waals surface area (Å²) in [6.45, 7) is 3.20. The van der Waals surface area contributed by atoms with Gasteiger partial charge in [0.2, 0.25) is 0 Å². The molecule has 0 aromatic heterocycles. The van der Waals surface area contributed by atoms with Gasteiger partial charge in [0.15, 0.2) is 0 Å². The van der Waals surface area contributed by atoms with Gasteiger partial charge in [-0.3, -0.25) is 4.79 Å². The lowest BCUT2D eigenvalue weighted by atomic mass is 10.2. The van der Waals surface area contributed by atoms with Gasteiger partial charge in [-0.05, 0) is 36.4 Å². The van der Waals surface area contributed by atoms with Crippen LogP contribution < -0.4 is 10.2 Å². The molecule has 1 amide bonds. The van der Waals surface area contributed by atoms with Crippen molar-refractivity contribution in [3.8, 4) is 0 Å². The largest absolute Gasteiger partial charge is 0.378 e. The van der Waals surface area contributed by atoms with Crippen molar-refractivity contribution in [2.75, 3.05) is 36.5 Å². The topological polar surface area (TPSA) is 41.6 Å². The summed E-state index contributed by atoms with van der Waals surface area (Å²) in [6.07, 6.45) is 0. The molecule has 0 radical (unpaired) electrons. The summed E-state index contributed by atoms with van der Waals surface area (Å²) in [4.78, 5) is 14.5. The van der Waals surface area contributed by atoms with Crippen molar-refractivity contribution in [1.29, 1.82) is 0 Å². The van der Waals surface area contributed by atoms with Crippen LogP contribution in [0.4, 0.5) is 11.4 Å². The molecule has 2 aromatic carbocycles. The predicted molar refractivity (Wildman–Crippen MR) is 88.9 cm³/mol. The van der Waals surface area contributed by atoms with Crippen molar-refractivity contribution >= 4 is 28.9 Å². The maximum absolute atomic E-state index is 12.3. The van der Waals surface area contributed by atoms with E-state index in [4.69, 9.17) is 16.3 Å². The van der Waals surface area contributed by atoms with Gasteiger partial charge in [-0.1, -0.05) is 23.7 Å². The van der Waals surface area contributed by atoms with Crippen molar-refractivity contribution < 1.29 is 9.53 Å². The number of nitrogens with zero attached hydrogens (tertiary/aromatic N) is 1. The van der Waals surface area contributed by atoms with Crippen LogP contribution in [0.2, 0.25) is 5.02 Å². The number of hydrogen-bond acceptors (Lipinski definition) is 3. The highest BCUT2D eigenvalue weighted by Gasteiger charge is 2.12. The van der Waals surface area contributed by atoms with Crippen LogP contribution in [0.1, 0.15) is 10.4 Å². The molecule has 0 atom stereocenters. The Morgan fingerprint density at radius 1 is 1.09 bits per heavy atom. The lowest BCUT2D eigenvalue weighted by Crippen LogP contribution is -2.36. The molecule has 5 heteroatoms. The molecular formula is C17H17ClN2O2. The molecule has 1 N–H and O–H groups in total. The fourth-order valence-corrected chi connectivity index (χ4v) is 2.63. The molecule has 0 saturated carbocycles. The Morgan fingerprint density at radius 2 is 1.86 bits per heavy atom. The molecule has 114 valence electrons. The number of carbonyl (C=O) groups is 1. The average molecular weight is 317 g/mol. The van der Waals surface area contributed by atoms with E-state index in [0.717, 1.165) is 37.7 Å². The SMILES string of the molecule is O=C(Nc1cccc(N2CCOCC2)c1)c1cccc(Cl)c1. The number of halogens is 1. The molecule has 1 aliphatic heterocycles. The third kappa shape index (κ3) is 3.59. The average Bonchev–Trinajstić information content (AvgIpc) is 2.56. The molecule has 0 spiro atoms. The number of rotatable bonds is 3. The molecule has 1 heterocycles. The Bertz CT molecular complexity index is 669. The monoisotopic (exact) mass is 316 g/mol. The quantitative estimate of drug-likeness (QED) is 0.943. The van der Waals surface area contributed by atoms with Gasteiger partial charge in [0.1, 0.15) is 0 Å². The normalized spacial score (nSPS) is 14.7. The maximum atomic E-state index is 12.3. The standard InChI is InChI=1S/C17H17ClN2O2/c18-14-4-1-3-13(11-14)17(21)19-15-5-2-6-16(12-15)20-7-9-22-10-8-20/h1-6,11-12H,7-10H2,(H,19,21). The third-order valence-corrected chi connectivity index (χ3v) is 3.80. The van der Waals surface area contributed by atoms with Gasteiger partial charge in [-0.25, -0.2) is 0 Å². The molecule has 0 bridgehead atoms. The molecule has 0 aliphatic carbocycles. The minimum Gasteiger partial charge on any atom is -0.378 e. The Kier molecular flexibility index (Phi) is 4.61. The van der Waals surface area contributed by atoms with E-state index in [2.05, 4.69) is 10.2 Å². The highest BCUT2D eigenvalue weighted by Crippen LogP contribution is 2.21. The second-order valence-corrected chi connectivity index (χ2v) is 5.55. The summed E-state index contributed by atoms with van der Waals surface area (Å²) in [7, 11) is 0. The van der Waals surface area contributed by atoms with Gasteiger partial charge in [-0.2, -0.15) is 0 Å². The van der Waals surface area contributed by atoms with Crippen molar-refractivity contribution in [2.24, 2.45) is 0 Å². The summed E-state index contributed by atoms with van der Waals surface area (Å²) in [6, 6.07) is 14.8. The summed E-state index contributed by atoms with van der Waals surface area (Å²) < 4.78 is 5.36. The van der Waals surface area contributed by atoms with Gasteiger partial charge in [0.25, 0.3) is 5.91 Å². The molecular weight excluding hydrogens is 300 g/mol. The van der Waals surface area contributed by atoms with E-state index in [1.165, 1.54) is 0 Å². The second kappa shape index (κ2) is 6.81. The van der Waals surface area contributed by atoms with E-state index in [0.29, 0.717) is 10.6 Å². The molecule has 4 nitrogen and oxygen atoms in total. The molecule has 1 saturated heterocycles. The van der Waals surface area contributed by atoms with Gasteiger partial charge in [-0.15, -0.1) is 0 Å². The first kappa shape index (κ1) is 14.9. The Morgan fingerprint density at radius 3 is 2.64 bits per heavy atom. The van der Waals surface area contributed by atoms with E-state index in [1.807, 2.05) is 24.3 Å². The van der Waals surface area contributed by atoms with Crippen LogP contribution in [-0.4, -0.2) is 32.2 Å². The number of ether oxygens (including phenoxy) is 1. The summed E-state index contributed by atoms with van der Waals surface area (Å²) in [5.74, 6) is -0.165. The lowest BCUT2D eigenvalue weighted by Gasteiger charge is -2.29. The smallest absolute Gasteiger partial charge is 0.255 e. The van der Waals surface area contributed by atoms with Crippen LogP contribution in [0, 0.1) is 0 Å². The Hall–Kier alpha value is -2.04. The fraction of sp³-hybridized carbons (Fsp3) is 0.235. The van der Waals surface area contributed by atoms with E-state index in [9.17, 15) is 4.79 Å². The van der Waals surface area contributed by atoms with Crippen molar-refractivity contribution in [3.63, 3.8) is 0 Å². The molecule has 1 fully saturated rings. The van der Waals surface area contributed by atoms with Crippen LogP contribution in [-0.2, 0) is 4.74 Å².